The predicted molar refractivity (Wildman–Crippen MR) is 71.7 cm³/mol. The minimum Gasteiger partial charge on any atom is -0.381 e. The molecule has 2 nitrogen and oxygen atoms in total. The van der Waals surface area contributed by atoms with Crippen LogP contribution in [0.3, 0.4) is 0 Å². The standard InChI is InChI=1S/C12H23IO2/c1-11(2)4-3-7-15-12(10-13)5-8-14-9-6-12/h11H,3-10H2,1-2H3. The van der Waals surface area contributed by atoms with Crippen LogP contribution >= 0.6 is 22.6 Å². The number of ether oxygens (including phenoxy) is 2. The van der Waals surface area contributed by atoms with Crippen molar-refractivity contribution in [2.24, 2.45) is 5.92 Å². The van der Waals surface area contributed by atoms with E-state index in [-0.39, 0.29) is 5.60 Å². The monoisotopic (exact) mass is 326 g/mol. The Balaban J connectivity index is 2.20. The van der Waals surface area contributed by atoms with Gasteiger partial charge in [-0.1, -0.05) is 36.4 Å². The minimum absolute atomic E-state index is 0.121. The van der Waals surface area contributed by atoms with Crippen LogP contribution in [0.25, 0.3) is 0 Å². The van der Waals surface area contributed by atoms with Crippen LogP contribution in [-0.2, 0) is 9.47 Å². The summed E-state index contributed by atoms with van der Waals surface area (Å²) in [5, 5.41) is 0. The molecule has 0 unspecified atom stereocenters. The normalized spacial score (nSPS) is 20.8. The summed E-state index contributed by atoms with van der Waals surface area (Å²) in [6.45, 7) is 7.19. The van der Waals surface area contributed by atoms with Crippen LogP contribution in [0.15, 0.2) is 0 Å². The van der Waals surface area contributed by atoms with E-state index in [1.807, 2.05) is 0 Å². The third-order valence-corrected chi connectivity index (χ3v) is 4.37. The molecular formula is C12H23IO2. The lowest BCUT2D eigenvalue weighted by Crippen LogP contribution is -2.41. The molecule has 0 aliphatic carbocycles. The highest BCUT2D eigenvalue weighted by molar-refractivity contribution is 14.1. The molecule has 0 spiro atoms. The molecule has 1 fully saturated rings. The quantitative estimate of drug-likeness (QED) is 0.423. The van der Waals surface area contributed by atoms with E-state index in [9.17, 15) is 0 Å². The van der Waals surface area contributed by atoms with Gasteiger partial charge in [-0.2, -0.15) is 0 Å². The Labute approximate surface area is 107 Å². The highest BCUT2D eigenvalue weighted by atomic mass is 127. The molecule has 0 radical (unpaired) electrons. The lowest BCUT2D eigenvalue weighted by atomic mass is 9.96. The summed E-state index contributed by atoms with van der Waals surface area (Å²) in [5.41, 5.74) is 0.121. The first kappa shape index (κ1) is 13.7. The first-order valence-electron chi connectivity index (χ1n) is 5.96. The zero-order valence-electron chi connectivity index (χ0n) is 9.93. The van der Waals surface area contributed by atoms with Gasteiger partial charge in [0.2, 0.25) is 0 Å². The van der Waals surface area contributed by atoms with Gasteiger partial charge in [-0.05, 0) is 18.8 Å². The third-order valence-electron chi connectivity index (χ3n) is 2.98. The van der Waals surface area contributed by atoms with E-state index in [1.165, 1.54) is 12.8 Å². The van der Waals surface area contributed by atoms with Crippen LogP contribution in [0.1, 0.15) is 39.5 Å². The summed E-state index contributed by atoms with van der Waals surface area (Å²) >= 11 is 2.44. The van der Waals surface area contributed by atoms with Gasteiger partial charge in [0.1, 0.15) is 0 Å². The fourth-order valence-electron chi connectivity index (χ4n) is 1.84. The van der Waals surface area contributed by atoms with Crippen molar-refractivity contribution >= 4 is 22.6 Å². The fourth-order valence-corrected chi connectivity index (χ4v) is 2.82. The molecule has 0 bridgehead atoms. The molecule has 15 heavy (non-hydrogen) atoms. The molecule has 1 saturated heterocycles. The zero-order valence-corrected chi connectivity index (χ0v) is 12.1. The summed E-state index contributed by atoms with van der Waals surface area (Å²) in [7, 11) is 0. The van der Waals surface area contributed by atoms with Gasteiger partial charge >= 0.3 is 0 Å². The van der Waals surface area contributed by atoms with Crippen LogP contribution in [-0.4, -0.2) is 29.8 Å². The van der Waals surface area contributed by atoms with Crippen molar-refractivity contribution in [1.82, 2.24) is 0 Å². The molecule has 1 aliphatic rings. The van der Waals surface area contributed by atoms with Gasteiger partial charge in [0.15, 0.2) is 0 Å². The van der Waals surface area contributed by atoms with Crippen LogP contribution in [0, 0.1) is 5.92 Å². The molecule has 0 N–H and O–H groups in total. The van der Waals surface area contributed by atoms with Crippen LogP contribution in [0.2, 0.25) is 0 Å². The number of alkyl halides is 1. The van der Waals surface area contributed by atoms with Crippen molar-refractivity contribution in [3.63, 3.8) is 0 Å². The molecule has 90 valence electrons. The first-order valence-corrected chi connectivity index (χ1v) is 7.49. The highest BCUT2D eigenvalue weighted by Gasteiger charge is 2.32. The summed E-state index contributed by atoms with van der Waals surface area (Å²) in [6.07, 6.45) is 4.60. The summed E-state index contributed by atoms with van der Waals surface area (Å²) in [4.78, 5) is 0. The average Bonchev–Trinajstić information content (AvgIpc) is 2.26. The largest absolute Gasteiger partial charge is 0.381 e. The second-order valence-electron chi connectivity index (χ2n) is 4.81. The first-order chi connectivity index (χ1) is 7.18. The summed E-state index contributed by atoms with van der Waals surface area (Å²) in [5.74, 6) is 0.791. The molecule has 0 saturated carbocycles. The van der Waals surface area contributed by atoms with Crippen LogP contribution in [0.5, 0.6) is 0 Å². The zero-order chi connectivity index (χ0) is 11.1. The lowest BCUT2D eigenvalue weighted by Gasteiger charge is -2.35. The van der Waals surface area contributed by atoms with Gasteiger partial charge in [0, 0.05) is 37.1 Å². The Hall–Kier alpha value is 0.650. The predicted octanol–water partition coefficient (Wildman–Crippen LogP) is 3.42. The van der Waals surface area contributed by atoms with Crippen molar-refractivity contribution in [2.75, 3.05) is 24.2 Å². The molecular weight excluding hydrogens is 303 g/mol. The van der Waals surface area contributed by atoms with E-state index >= 15 is 0 Å². The molecule has 0 aromatic carbocycles. The molecule has 1 rings (SSSR count). The molecule has 0 amide bonds. The van der Waals surface area contributed by atoms with Crippen LogP contribution in [0.4, 0.5) is 0 Å². The van der Waals surface area contributed by atoms with Crippen molar-refractivity contribution in [1.29, 1.82) is 0 Å². The van der Waals surface area contributed by atoms with Gasteiger partial charge < -0.3 is 9.47 Å². The summed E-state index contributed by atoms with van der Waals surface area (Å²) < 4.78 is 12.6. The Kier molecular flexibility index (Phi) is 6.46. The minimum atomic E-state index is 0.121. The Morgan fingerprint density at radius 1 is 1.33 bits per heavy atom. The van der Waals surface area contributed by atoms with E-state index in [0.29, 0.717) is 0 Å². The topological polar surface area (TPSA) is 18.5 Å². The maximum atomic E-state index is 6.08. The van der Waals surface area contributed by atoms with Crippen molar-refractivity contribution in [2.45, 2.75) is 45.1 Å². The van der Waals surface area contributed by atoms with E-state index in [2.05, 4.69) is 36.4 Å². The van der Waals surface area contributed by atoms with Crippen molar-refractivity contribution in [3.8, 4) is 0 Å². The SMILES string of the molecule is CC(C)CCCOC1(CI)CCOCC1. The van der Waals surface area contributed by atoms with Crippen LogP contribution < -0.4 is 0 Å². The van der Waals surface area contributed by atoms with Gasteiger partial charge in [0.05, 0.1) is 5.60 Å². The summed E-state index contributed by atoms with van der Waals surface area (Å²) in [6, 6.07) is 0. The van der Waals surface area contributed by atoms with Gasteiger partial charge in [-0.15, -0.1) is 0 Å². The molecule has 0 aromatic rings. The number of halogens is 1. The van der Waals surface area contributed by atoms with Gasteiger partial charge in [-0.3, -0.25) is 0 Å². The number of hydrogen-bond acceptors (Lipinski definition) is 2. The number of hydrogen-bond donors (Lipinski definition) is 0. The second kappa shape index (κ2) is 7.07. The van der Waals surface area contributed by atoms with E-state index in [0.717, 1.165) is 43.0 Å². The van der Waals surface area contributed by atoms with Gasteiger partial charge in [0.25, 0.3) is 0 Å². The Morgan fingerprint density at radius 3 is 2.53 bits per heavy atom. The lowest BCUT2D eigenvalue weighted by molar-refractivity contribution is -0.0952. The van der Waals surface area contributed by atoms with E-state index < -0.39 is 0 Å². The molecule has 3 heteroatoms. The second-order valence-corrected chi connectivity index (χ2v) is 5.58. The maximum absolute atomic E-state index is 6.08. The van der Waals surface area contributed by atoms with E-state index in [4.69, 9.17) is 9.47 Å². The maximum Gasteiger partial charge on any atom is 0.0815 e. The third kappa shape index (κ3) is 5.00. The highest BCUT2D eigenvalue weighted by Crippen LogP contribution is 2.27. The average molecular weight is 326 g/mol. The fraction of sp³-hybridized carbons (Fsp3) is 1.00. The molecule has 1 heterocycles. The van der Waals surface area contributed by atoms with Crippen molar-refractivity contribution < 1.29 is 9.47 Å². The molecule has 1 aliphatic heterocycles. The van der Waals surface area contributed by atoms with Gasteiger partial charge in [-0.25, -0.2) is 0 Å². The molecule has 0 aromatic heterocycles. The number of rotatable bonds is 6. The van der Waals surface area contributed by atoms with E-state index in [1.54, 1.807) is 0 Å². The Morgan fingerprint density at radius 2 is 2.00 bits per heavy atom. The smallest absolute Gasteiger partial charge is 0.0815 e. The molecule has 0 atom stereocenters. The Bertz CT molecular complexity index is 165. The van der Waals surface area contributed by atoms with Crippen molar-refractivity contribution in [3.05, 3.63) is 0 Å².